The van der Waals surface area contributed by atoms with E-state index in [1.165, 1.54) is 11.8 Å². The highest BCUT2D eigenvalue weighted by Crippen LogP contribution is 2.31. The molecule has 0 atom stereocenters. The second-order valence-corrected chi connectivity index (χ2v) is 5.95. The molecule has 2 rings (SSSR count). The fraction of sp³-hybridized carbons (Fsp3) is 0.273. The number of aromatic carboxylic acids is 1. The Morgan fingerprint density at radius 2 is 1.94 bits per heavy atom. The van der Waals surface area contributed by atoms with Crippen LogP contribution in [0.3, 0.4) is 0 Å². The summed E-state index contributed by atoms with van der Waals surface area (Å²) in [6, 6.07) is 0. The van der Waals surface area contributed by atoms with Gasteiger partial charge in [-0.05, 0) is 32.5 Å². The predicted molar refractivity (Wildman–Crippen MR) is 69.4 cm³/mol. The predicted octanol–water partition coefficient (Wildman–Crippen LogP) is 2.71. The highest BCUT2D eigenvalue weighted by Gasteiger charge is 2.15. The van der Waals surface area contributed by atoms with E-state index in [-0.39, 0.29) is 4.88 Å². The first-order valence-electron chi connectivity index (χ1n) is 5.16. The van der Waals surface area contributed by atoms with E-state index in [0.29, 0.717) is 10.0 Å². The second-order valence-electron chi connectivity index (χ2n) is 3.68. The van der Waals surface area contributed by atoms with Gasteiger partial charge in [-0.2, -0.15) is 0 Å². The molecule has 0 aliphatic carbocycles. The summed E-state index contributed by atoms with van der Waals surface area (Å²) in [6.45, 7) is 5.48. The number of thiazole rings is 1. The first-order chi connectivity index (χ1) is 8.47. The van der Waals surface area contributed by atoms with Gasteiger partial charge in [-0.15, -0.1) is 0 Å². The lowest BCUT2D eigenvalue weighted by atomic mass is 10.4. The summed E-state index contributed by atoms with van der Waals surface area (Å²) < 4.78 is 0.669. The molecule has 0 aliphatic rings. The molecule has 0 aromatic carbocycles. The summed E-state index contributed by atoms with van der Waals surface area (Å²) in [5.74, 6) is -0.942. The van der Waals surface area contributed by atoms with Crippen molar-refractivity contribution in [2.75, 3.05) is 0 Å². The van der Waals surface area contributed by atoms with Crippen LogP contribution < -0.4 is 0 Å². The SMILES string of the molecule is Cc1ncc(Sc2nc(C)c(C(=O)O)s2)nc1C. The number of nitrogens with zero attached hydrogens (tertiary/aromatic N) is 3. The maximum absolute atomic E-state index is 10.9. The Labute approximate surface area is 112 Å². The van der Waals surface area contributed by atoms with Crippen LogP contribution in [-0.4, -0.2) is 26.0 Å². The molecule has 1 N–H and O–H groups in total. The van der Waals surface area contributed by atoms with E-state index < -0.39 is 5.97 Å². The Hall–Kier alpha value is -1.47. The van der Waals surface area contributed by atoms with Crippen LogP contribution in [-0.2, 0) is 0 Å². The molecule has 5 nitrogen and oxygen atoms in total. The van der Waals surface area contributed by atoms with Crippen molar-refractivity contribution in [3.8, 4) is 0 Å². The zero-order valence-electron chi connectivity index (χ0n) is 10.1. The third-order valence-corrected chi connectivity index (χ3v) is 4.45. The van der Waals surface area contributed by atoms with Gasteiger partial charge in [-0.1, -0.05) is 11.3 Å². The topological polar surface area (TPSA) is 76.0 Å². The molecule has 0 fully saturated rings. The maximum Gasteiger partial charge on any atom is 0.347 e. The van der Waals surface area contributed by atoms with Crippen molar-refractivity contribution in [2.45, 2.75) is 30.1 Å². The zero-order valence-corrected chi connectivity index (χ0v) is 11.7. The highest BCUT2D eigenvalue weighted by molar-refractivity contribution is 8.01. The van der Waals surface area contributed by atoms with E-state index in [4.69, 9.17) is 5.11 Å². The van der Waals surface area contributed by atoms with Crippen LogP contribution in [0.2, 0.25) is 0 Å². The van der Waals surface area contributed by atoms with E-state index in [0.717, 1.165) is 27.8 Å². The summed E-state index contributed by atoms with van der Waals surface area (Å²) >= 11 is 2.49. The van der Waals surface area contributed by atoms with E-state index >= 15 is 0 Å². The lowest BCUT2D eigenvalue weighted by molar-refractivity contribution is 0.0701. The van der Waals surface area contributed by atoms with Crippen LogP contribution in [0.1, 0.15) is 26.8 Å². The molecule has 0 spiro atoms. The van der Waals surface area contributed by atoms with Crippen molar-refractivity contribution in [1.29, 1.82) is 0 Å². The summed E-state index contributed by atoms with van der Waals surface area (Å²) in [5.41, 5.74) is 2.29. The molecular weight excluding hydrogens is 270 g/mol. The quantitative estimate of drug-likeness (QED) is 0.932. The van der Waals surface area contributed by atoms with Crippen LogP contribution in [0.25, 0.3) is 0 Å². The molecule has 0 radical (unpaired) electrons. The highest BCUT2D eigenvalue weighted by atomic mass is 32.2. The van der Waals surface area contributed by atoms with Gasteiger partial charge in [0.1, 0.15) is 9.90 Å². The Kier molecular flexibility index (Phi) is 3.63. The van der Waals surface area contributed by atoms with Crippen LogP contribution in [0.5, 0.6) is 0 Å². The molecule has 7 heteroatoms. The minimum Gasteiger partial charge on any atom is -0.477 e. The molecule has 0 unspecified atom stereocenters. The minimum atomic E-state index is -0.942. The molecule has 0 saturated carbocycles. The monoisotopic (exact) mass is 281 g/mol. The van der Waals surface area contributed by atoms with Gasteiger partial charge >= 0.3 is 5.97 Å². The summed E-state index contributed by atoms with van der Waals surface area (Å²) in [7, 11) is 0. The van der Waals surface area contributed by atoms with Crippen LogP contribution in [0.4, 0.5) is 0 Å². The second kappa shape index (κ2) is 5.03. The van der Waals surface area contributed by atoms with Crippen molar-refractivity contribution < 1.29 is 9.90 Å². The van der Waals surface area contributed by atoms with Gasteiger partial charge in [0, 0.05) is 0 Å². The fourth-order valence-corrected chi connectivity index (χ4v) is 3.23. The molecule has 0 bridgehead atoms. The average molecular weight is 281 g/mol. The van der Waals surface area contributed by atoms with Crippen LogP contribution in [0, 0.1) is 20.8 Å². The number of aryl methyl sites for hydroxylation is 3. The number of aromatic nitrogens is 3. The molecule has 2 aromatic heterocycles. The minimum absolute atomic E-state index is 0.272. The summed E-state index contributed by atoms with van der Waals surface area (Å²) in [5, 5.41) is 9.68. The molecule has 2 aromatic rings. The van der Waals surface area contributed by atoms with Gasteiger partial charge in [0.15, 0.2) is 4.34 Å². The van der Waals surface area contributed by atoms with Crippen LogP contribution in [0.15, 0.2) is 15.6 Å². The molecule has 0 aliphatic heterocycles. The number of hydrogen-bond acceptors (Lipinski definition) is 6. The third kappa shape index (κ3) is 2.68. The smallest absolute Gasteiger partial charge is 0.347 e. The number of carboxylic acids is 1. The Morgan fingerprint density at radius 3 is 2.50 bits per heavy atom. The number of rotatable bonds is 3. The van der Waals surface area contributed by atoms with Gasteiger partial charge in [-0.3, -0.25) is 4.98 Å². The van der Waals surface area contributed by atoms with E-state index in [9.17, 15) is 4.79 Å². The van der Waals surface area contributed by atoms with Crippen molar-refractivity contribution in [1.82, 2.24) is 15.0 Å². The zero-order chi connectivity index (χ0) is 13.3. The Balaban J connectivity index is 2.26. The number of hydrogen-bond donors (Lipinski definition) is 1. The molecular formula is C11H11N3O2S2. The summed E-state index contributed by atoms with van der Waals surface area (Å²) in [6.07, 6.45) is 1.67. The lowest BCUT2D eigenvalue weighted by Crippen LogP contribution is -1.94. The number of carboxylic acid groups (broad SMARTS) is 1. The van der Waals surface area contributed by atoms with Gasteiger partial charge in [-0.25, -0.2) is 14.8 Å². The molecule has 2 heterocycles. The fourth-order valence-electron chi connectivity index (χ4n) is 1.27. The standard InChI is InChI=1S/C11H11N3O2S2/c1-5-6(2)13-8(4-12-5)17-11-14-7(3)9(18-11)10(15)16/h4H,1-3H3,(H,15,16). The number of carbonyl (C=O) groups is 1. The molecule has 18 heavy (non-hydrogen) atoms. The maximum atomic E-state index is 10.9. The van der Waals surface area contributed by atoms with E-state index in [1.807, 2.05) is 13.8 Å². The Morgan fingerprint density at radius 1 is 1.22 bits per heavy atom. The lowest BCUT2D eigenvalue weighted by Gasteiger charge is -2.00. The van der Waals surface area contributed by atoms with Crippen molar-refractivity contribution in [2.24, 2.45) is 0 Å². The first-order valence-corrected chi connectivity index (χ1v) is 6.79. The molecule has 94 valence electrons. The largest absolute Gasteiger partial charge is 0.477 e. The normalized spacial score (nSPS) is 10.6. The Bertz CT molecular complexity index is 610. The first kappa shape index (κ1) is 13.0. The third-order valence-electron chi connectivity index (χ3n) is 2.33. The molecule has 0 saturated heterocycles. The van der Waals surface area contributed by atoms with Crippen molar-refractivity contribution in [3.63, 3.8) is 0 Å². The van der Waals surface area contributed by atoms with Crippen molar-refractivity contribution in [3.05, 3.63) is 28.2 Å². The van der Waals surface area contributed by atoms with E-state index in [2.05, 4.69) is 15.0 Å². The van der Waals surface area contributed by atoms with Gasteiger partial charge in [0.2, 0.25) is 0 Å². The van der Waals surface area contributed by atoms with Gasteiger partial charge in [0.05, 0.1) is 23.3 Å². The van der Waals surface area contributed by atoms with Gasteiger partial charge < -0.3 is 5.11 Å². The summed E-state index contributed by atoms with van der Waals surface area (Å²) in [4.78, 5) is 24.0. The average Bonchev–Trinajstić information content (AvgIpc) is 2.65. The van der Waals surface area contributed by atoms with Gasteiger partial charge in [0.25, 0.3) is 0 Å². The molecule has 0 amide bonds. The van der Waals surface area contributed by atoms with E-state index in [1.54, 1.807) is 13.1 Å². The van der Waals surface area contributed by atoms with Crippen LogP contribution >= 0.6 is 23.1 Å². The van der Waals surface area contributed by atoms with Crippen molar-refractivity contribution >= 4 is 29.1 Å².